The van der Waals surface area contributed by atoms with E-state index in [-0.39, 0.29) is 18.4 Å². The SMILES string of the molecule is COc1ccc(Br)cc1CN1C(=O)c2ccccc2[C@H]1C(=O)NCc1cccnc1. The monoisotopic (exact) mass is 465 g/mol. The standard InChI is InChI=1S/C23H20BrN3O3/c1-30-20-9-8-17(24)11-16(20)14-27-21(18-6-2-3-7-19(18)23(27)29)22(28)26-13-15-5-4-10-25-12-15/h2-12,21H,13-14H2,1H3,(H,26,28)/t21-/m0/s1. The first-order chi connectivity index (χ1) is 14.6. The average Bonchev–Trinajstić information content (AvgIpc) is 3.05. The molecule has 2 heterocycles. The normalized spacial score (nSPS) is 15.1. The molecule has 0 saturated carbocycles. The van der Waals surface area contributed by atoms with Crippen molar-refractivity contribution in [1.29, 1.82) is 0 Å². The molecule has 2 aromatic carbocycles. The number of fused-ring (bicyclic) bond motifs is 1. The maximum Gasteiger partial charge on any atom is 0.255 e. The summed E-state index contributed by atoms with van der Waals surface area (Å²) in [5, 5.41) is 2.94. The first-order valence-electron chi connectivity index (χ1n) is 9.47. The molecular weight excluding hydrogens is 446 g/mol. The van der Waals surface area contributed by atoms with Crippen LogP contribution in [0.5, 0.6) is 5.75 Å². The van der Waals surface area contributed by atoms with Crippen LogP contribution in [0.1, 0.15) is 33.1 Å². The number of halogens is 1. The van der Waals surface area contributed by atoms with Crippen molar-refractivity contribution in [3.05, 3.63) is 93.7 Å². The Morgan fingerprint density at radius 3 is 2.80 bits per heavy atom. The van der Waals surface area contributed by atoms with Crippen LogP contribution in [0.2, 0.25) is 0 Å². The molecule has 0 fully saturated rings. The number of hydrogen-bond donors (Lipinski definition) is 1. The number of carbonyl (C=O) groups excluding carboxylic acids is 2. The highest BCUT2D eigenvalue weighted by molar-refractivity contribution is 9.10. The topological polar surface area (TPSA) is 71.5 Å². The van der Waals surface area contributed by atoms with Gasteiger partial charge < -0.3 is 15.0 Å². The number of nitrogens with one attached hydrogen (secondary N) is 1. The summed E-state index contributed by atoms with van der Waals surface area (Å²) >= 11 is 3.47. The maximum absolute atomic E-state index is 13.2. The lowest BCUT2D eigenvalue weighted by atomic mass is 10.0. The molecule has 0 aliphatic carbocycles. The Morgan fingerprint density at radius 2 is 2.03 bits per heavy atom. The Labute approximate surface area is 183 Å². The second-order valence-corrected chi connectivity index (χ2v) is 7.87. The number of rotatable bonds is 6. The summed E-state index contributed by atoms with van der Waals surface area (Å²) in [7, 11) is 1.59. The number of amides is 2. The van der Waals surface area contributed by atoms with Gasteiger partial charge in [-0.3, -0.25) is 14.6 Å². The predicted molar refractivity (Wildman–Crippen MR) is 116 cm³/mol. The third kappa shape index (κ3) is 3.93. The largest absolute Gasteiger partial charge is 0.496 e. The van der Waals surface area contributed by atoms with Gasteiger partial charge in [-0.05, 0) is 41.5 Å². The van der Waals surface area contributed by atoms with E-state index in [9.17, 15) is 9.59 Å². The second-order valence-electron chi connectivity index (χ2n) is 6.96. The Balaban J connectivity index is 1.64. The highest BCUT2D eigenvalue weighted by Gasteiger charge is 2.41. The van der Waals surface area contributed by atoms with Gasteiger partial charge in [0.25, 0.3) is 5.91 Å². The van der Waals surface area contributed by atoms with Crippen molar-refractivity contribution in [3.63, 3.8) is 0 Å². The summed E-state index contributed by atoms with van der Waals surface area (Å²) in [5.41, 5.74) is 2.97. The Kier molecular flexibility index (Phi) is 5.81. The molecule has 6 nitrogen and oxygen atoms in total. The van der Waals surface area contributed by atoms with Crippen LogP contribution in [-0.4, -0.2) is 28.8 Å². The van der Waals surface area contributed by atoms with E-state index in [1.54, 1.807) is 30.5 Å². The van der Waals surface area contributed by atoms with Crippen molar-refractivity contribution in [2.45, 2.75) is 19.1 Å². The van der Waals surface area contributed by atoms with Gasteiger partial charge in [-0.2, -0.15) is 0 Å². The van der Waals surface area contributed by atoms with E-state index in [4.69, 9.17) is 4.74 Å². The number of pyridine rings is 1. The van der Waals surface area contributed by atoms with Crippen LogP contribution >= 0.6 is 15.9 Å². The molecule has 4 rings (SSSR count). The molecule has 30 heavy (non-hydrogen) atoms. The third-order valence-corrected chi connectivity index (χ3v) is 5.57. The molecular formula is C23H20BrN3O3. The minimum Gasteiger partial charge on any atom is -0.496 e. The zero-order chi connectivity index (χ0) is 21.1. The molecule has 1 atom stereocenters. The number of carbonyl (C=O) groups is 2. The van der Waals surface area contributed by atoms with Crippen molar-refractivity contribution in [2.24, 2.45) is 0 Å². The van der Waals surface area contributed by atoms with Crippen LogP contribution in [0.15, 0.2) is 71.5 Å². The highest BCUT2D eigenvalue weighted by Crippen LogP contribution is 2.36. The number of nitrogens with zero attached hydrogens (tertiary/aromatic N) is 2. The number of methoxy groups -OCH3 is 1. The molecule has 0 saturated heterocycles. The molecule has 7 heteroatoms. The molecule has 0 spiro atoms. The van der Waals surface area contributed by atoms with E-state index in [2.05, 4.69) is 26.2 Å². The summed E-state index contributed by atoms with van der Waals surface area (Å²) in [5.74, 6) is 0.261. The maximum atomic E-state index is 13.2. The fourth-order valence-electron chi connectivity index (χ4n) is 3.66. The molecule has 152 valence electrons. The molecule has 2 amide bonds. The fourth-order valence-corrected chi connectivity index (χ4v) is 4.07. The van der Waals surface area contributed by atoms with Gasteiger partial charge in [-0.1, -0.05) is 40.2 Å². The number of aromatic nitrogens is 1. The van der Waals surface area contributed by atoms with Gasteiger partial charge in [-0.15, -0.1) is 0 Å². The third-order valence-electron chi connectivity index (χ3n) is 5.08. The Hall–Kier alpha value is -3.19. The van der Waals surface area contributed by atoms with Gasteiger partial charge in [0.2, 0.25) is 5.91 Å². The molecule has 0 unspecified atom stereocenters. The van der Waals surface area contributed by atoms with E-state index >= 15 is 0 Å². The molecule has 0 bridgehead atoms. The highest BCUT2D eigenvalue weighted by atomic mass is 79.9. The molecule has 3 aromatic rings. The average molecular weight is 466 g/mol. The lowest BCUT2D eigenvalue weighted by molar-refractivity contribution is -0.125. The van der Waals surface area contributed by atoms with Crippen molar-refractivity contribution in [1.82, 2.24) is 15.2 Å². The van der Waals surface area contributed by atoms with E-state index in [0.717, 1.165) is 15.6 Å². The second kappa shape index (κ2) is 8.67. The zero-order valence-corrected chi connectivity index (χ0v) is 17.9. The van der Waals surface area contributed by atoms with Gasteiger partial charge in [0.05, 0.1) is 13.7 Å². The van der Waals surface area contributed by atoms with Gasteiger partial charge in [0.1, 0.15) is 11.8 Å². The van der Waals surface area contributed by atoms with E-state index < -0.39 is 6.04 Å². The van der Waals surface area contributed by atoms with Crippen molar-refractivity contribution >= 4 is 27.7 Å². The molecule has 1 aliphatic heterocycles. The fraction of sp³-hybridized carbons (Fsp3) is 0.174. The van der Waals surface area contributed by atoms with Crippen LogP contribution in [-0.2, 0) is 17.9 Å². The quantitative estimate of drug-likeness (QED) is 0.599. The van der Waals surface area contributed by atoms with Crippen LogP contribution in [0.4, 0.5) is 0 Å². The number of hydrogen-bond acceptors (Lipinski definition) is 4. The lowest BCUT2D eigenvalue weighted by Crippen LogP contribution is -2.38. The van der Waals surface area contributed by atoms with Gasteiger partial charge in [0, 0.05) is 34.5 Å². The minimum absolute atomic E-state index is 0.172. The molecule has 1 N–H and O–H groups in total. The molecule has 1 aliphatic rings. The van der Waals surface area contributed by atoms with Crippen LogP contribution in [0, 0.1) is 0 Å². The van der Waals surface area contributed by atoms with Gasteiger partial charge in [-0.25, -0.2) is 0 Å². The number of ether oxygens (including phenoxy) is 1. The molecule has 1 aromatic heterocycles. The minimum atomic E-state index is -0.714. The van der Waals surface area contributed by atoms with Crippen molar-refractivity contribution < 1.29 is 14.3 Å². The smallest absolute Gasteiger partial charge is 0.255 e. The van der Waals surface area contributed by atoms with Crippen LogP contribution in [0.3, 0.4) is 0 Å². The van der Waals surface area contributed by atoms with Gasteiger partial charge >= 0.3 is 0 Å². The first-order valence-corrected chi connectivity index (χ1v) is 10.3. The van der Waals surface area contributed by atoms with Crippen molar-refractivity contribution in [3.8, 4) is 5.75 Å². The van der Waals surface area contributed by atoms with E-state index in [0.29, 0.717) is 23.4 Å². The summed E-state index contributed by atoms with van der Waals surface area (Å²) in [4.78, 5) is 32.0. The zero-order valence-electron chi connectivity index (χ0n) is 16.3. The van der Waals surface area contributed by atoms with Crippen LogP contribution in [0.25, 0.3) is 0 Å². The Bertz CT molecular complexity index is 1090. The summed E-state index contributed by atoms with van der Waals surface area (Å²) < 4.78 is 6.33. The van der Waals surface area contributed by atoms with E-state index in [1.807, 2.05) is 48.5 Å². The summed E-state index contributed by atoms with van der Waals surface area (Å²) in [6, 6.07) is 15.9. The summed E-state index contributed by atoms with van der Waals surface area (Å²) in [6.45, 7) is 0.592. The van der Waals surface area contributed by atoms with Gasteiger partial charge in [0.15, 0.2) is 0 Å². The molecule has 0 radical (unpaired) electrons. The predicted octanol–water partition coefficient (Wildman–Crippen LogP) is 3.87. The van der Waals surface area contributed by atoms with Crippen molar-refractivity contribution in [2.75, 3.05) is 7.11 Å². The Morgan fingerprint density at radius 1 is 1.20 bits per heavy atom. The summed E-state index contributed by atoms with van der Waals surface area (Å²) in [6.07, 6.45) is 3.39. The lowest BCUT2D eigenvalue weighted by Gasteiger charge is -2.25. The first kappa shape index (κ1) is 20.1. The van der Waals surface area contributed by atoms with E-state index in [1.165, 1.54) is 0 Å². The van der Waals surface area contributed by atoms with Crippen LogP contribution < -0.4 is 10.1 Å². The number of benzene rings is 2.